The molecule has 2 unspecified atom stereocenters. The van der Waals surface area contributed by atoms with Crippen LogP contribution >= 0.6 is 0 Å². The third kappa shape index (κ3) is 2.80. The monoisotopic (exact) mass is 350 g/mol. The van der Waals surface area contributed by atoms with Crippen LogP contribution in [0.3, 0.4) is 0 Å². The summed E-state index contributed by atoms with van der Waals surface area (Å²) in [5.41, 5.74) is 4.91. The van der Waals surface area contributed by atoms with Crippen molar-refractivity contribution in [1.29, 1.82) is 5.26 Å². The quantitative estimate of drug-likeness (QED) is 0.573. The van der Waals surface area contributed by atoms with Gasteiger partial charge in [0, 0.05) is 23.2 Å². The van der Waals surface area contributed by atoms with Crippen molar-refractivity contribution in [2.24, 2.45) is 0 Å². The zero-order valence-electron chi connectivity index (χ0n) is 15.3. The molecule has 0 spiro atoms. The summed E-state index contributed by atoms with van der Waals surface area (Å²) in [6.07, 6.45) is 7.23. The predicted octanol–water partition coefficient (Wildman–Crippen LogP) is 5.93. The van der Waals surface area contributed by atoms with Gasteiger partial charge in [-0.1, -0.05) is 60.2 Å². The molecule has 132 valence electrons. The number of para-hydroxylation sites is 1. The Morgan fingerprint density at radius 2 is 1.48 bits per heavy atom. The van der Waals surface area contributed by atoms with Crippen LogP contribution in [0.5, 0.6) is 0 Å². The van der Waals surface area contributed by atoms with Gasteiger partial charge < -0.3 is 4.90 Å². The van der Waals surface area contributed by atoms with E-state index in [2.05, 4.69) is 71.6 Å². The molecule has 0 N–H and O–H groups in total. The fourth-order valence-electron chi connectivity index (χ4n) is 4.96. The number of hydrogen-bond donors (Lipinski definition) is 0. The molecule has 2 saturated heterocycles. The first-order valence-corrected chi connectivity index (χ1v) is 9.78. The van der Waals surface area contributed by atoms with Gasteiger partial charge in [0.2, 0.25) is 0 Å². The summed E-state index contributed by atoms with van der Waals surface area (Å²) < 4.78 is 0. The normalized spacial score (nSPS) is 21.3. The van der Waals surface area contributed by atoms with Crippen LogP contribution in [-0.2, 0) is 0 Å². The third-order valence-corrected chi connectivity index (χ3v) is 6.11. The van der Waals surface area contributed by atoms with Crippen LogP contribution in [-0.4, -0.2) is 12.1 Å². The minimum Gasteiger partial charge on any atom is -0.365 e. The summed E-state index contributed by atoms with van der Waals surface area (Å²) in [7, 11) is 0. The Morgan fingerprint density at radius 1 is 0.815 bits per heavy atom. The van der Waals surface area contributed by atoms with Gasteiger partial charge in [0.15, 0.2) is 0 Å². The lowest BCUT2D eigenvalue weighted by Crippen LogP contribution is -2.40. The van der Waals surface area contributed by atoms with Gasteiger partial charge in [0.25, 0.3) is 0 Å². The van der Waals surface area contributed by atoms with E-state index in [4.69, 9.17) is 0 Å². The predicted molar refractivity (Wildman–Crippen MR) is 112 cm³/mol. The molecule has 0 amide bonds. The van der Waals surface area contributed by atoms with Gasteiger partial charge in [-0.25, -0.2) is 0 Å². The van der Waals surface area contributed by atoms with Gasteiger partial charge in [0.1, 0.15) is 0 Å². The Labute approximate surface area is 160 Å². The molecule has 0 radical (unpaired) electrons. The summed E-state index contributed by atoms with van der Waals surface area (Å²) in [6, 6.07) is 26.7. The summed E-state index contributed by atoms with van der Waals surface area (Å²) in [6.45, 7) is 0. The zero-order chi connectivity index (χ0) is 18.2. The van der Waals surface area contributed by atoms with Crippen LogP contribution in [0.25, 0.3) is 16.8 Å². The van der Waals surface area contributed by atoms with Crippen molar-refractivity contribution in [3.8, 4) is 6.07 Å². The zero-order valence-corrected chi connectivity index (χ0v) is 15.3. The third-order valence-electron chi connectivity index (χ3n) is 6.11. The van der Waals surface area contributed by atoms with Gasteiger partial charge in [-0.05, 0) is 54.8 Å². The van der Waals surface area contributed by atoms with Gasteiger partial charge in [-0.15, -0.1) is 0 Å². The van der Waals surface area contributed by atoms with Gasteiger partial charge in [-0.2, -0.15) is 5.26 Å². The maximum absolute atomic E-state index is 9.39. The van der Waals surface area contributed by atoms with E-state index in [0.717, 1.165) is 23.8 Å². The number of hydrogen-bond acceptors (Lipinski definition) is 2. The molecule has 0 aromatic heterocycles. The first-order valence-electron chi connectivity index (χ1n) is 9.78. The maximum atomic E-state index is 9.39. The Kier molecular flexibility index (Phi) is 3.94. The van der Waals surface area contributed by atoms with Crippen molar-refractivity contribution in [3.05, 3.63) is 83.4 Å². The minimum absolute atomic E-state index is 0.613. The van der Waals surface area contributed by atoms with E-state index < -0.39 is 0 Å². The number of fused-ring (bicyclic) bond motifs is 3. The van der Waals surface area contributed by atoms with Crippen LogP contribution in [0.4, 0.5) is 5.69 Å². The molecule has 2 heterocycles. The van der Waals surface area contributed by atoms with E-state index in [0.29, 0.717) is 12.1 Å². The summed E-state index contributed by atoms with van der Waals surface area (Å²) in [5.74, 6) is 0. The fourth-order valence-corrected chi connectivity index (χ4v) is 4.96. The molecular formula is C25H22N2. The van der Waals surface area contributed by atoms with Crippen LogP contribution < -0.4 is 4.90 Å². The first-order chi connectivity index (χ1) is 13.3. The smallest absolute Gasteiger partial charge is 0.0998 e. The maximum Gasteiger partial charge on any atom is 0.0998 e. The van der Waals surface area contributed by atoms with Crippen molar-refractivity contribution >= 4 is 22.5 Å². The molecule has 3 aromatic rings. The molecule has 27 heavy (non-hydrogen) atoms. The molecule has 0 aliphatic carbocycles. The standard InChI is InChI=1S/C25H22N2/c26-17-20-11-10-19(24-8-4-5-9-25(20)24)14-18-15-22-12-13-23(16-18)27(22)21-6-2-1-3-7-21/h1-11,14,22-23H,12-13,15-16H2. The molecule has 3 aromatic carbocycles. The van der Waals surface area contributed by atoms with Crippen molar-refractivity contribution in [1.82, 2.24) is 0 Å². The summed E-state index contributed by atoms with van der Waals surface area (Å²) in [4.78, 5) is 2.65. The van der Waals surface area contributed by atoms with E-state index in [1.54, 1.807) is 5.57 Å². The Morgan fingerprint density at radius 3 is 2.19 bits per heavy atom. The Hall–Kier alpha value is -3.05. The van der Waals surface area contributed by atoms with Gasteiger partial charge in [-0.3, -0.25) is 0 Å². The molecule has 2 aliphatic heterocycles. The van der Waals surface area contributed by atoms with E-state index in [9.17, 15) is 5.26 Å². The van der Waals surface area contributed by atoms with Crippen molar-refractivity contribution in [2.75, 3.05) is 4.90 Å². The Balaban J connectivity index is 1.49. The molecule has 2 fully saturated rings. The van der Waals surface area contributed by atoms with Crippen LogP contribution in [0, 0.1) is 11.3 Å². The second-order valence-corrected chi connectivity index (χ2v) is 7.70. The topological polar surface area (TPSA) is 27.0 Å². The SMILES string of the molecule is N#Cc1ccc(C=C2CC3CCC(C2)N3c2ccccc2)c2ccccc12. The Bertz CT molecular complexity index is 1040. The molecule has 2 atom stereocenters. The number of rotatable bonds is 2. The molecule has 5 rings (SSSR count). The second-order valence-electron chi connectivity index (χ2n) is 7.70. The van der Waals surface area contributed by atoms with Crippen molar-refractivity contribution in [2.45, 2.75) is 37.8 Å². The van der Waals surface area contributed by atoms with Crippen LogP contribution in [0.2, 0.25) is 0 Å². The van der Waals surface area contributed by atoms with E-state index in [1.807, 2.05) is 12.1 Å². The number of anilines is 1. The molecule has 2 aliphatic rings. The second kappa shape index (κ2) is 6.59. The van der Waals surface area contributed by atoms with Gasteiger partial charge >= 0.3 is 0 Å². The average molecular weight is 350 g/mol. The first kappa shape index (κ1) is 16.1. The minimum atomic E-state index is 0.613. The van der Waals surface area contributed by atoms with Crippen molar-refractivity contribution < 1.29 is 0 Å². The van der Waals surface area contributed by atoms with Crippen LogP contribution in [0.1, 0.15) is 36.8 Å². The molecular weight excluding hydrogens is 328 g/mol. The highest BCUT2D eigenvalue weighted by Crippen LogP contribution is 2.42. The molecule has 2 heteroatoms. The highest BCUT2D eigenvalue weighted by Gasteiger charge is 2.38. The number of nitrogens with zero attached hydrogens (tertiary/aromatic N) is 2. The van der Waals surface area contributed by atoms with E-state index in [-0.39, 0.29) is 0 Å². The fraction of sp³-hybridized carbons (Fsp3) is 0.240. The van der Waals surface area contributed by atoms with Crippen molar-refractivity contribution in [3.63, 3.8) is 0 Å². The molecule has 2 bridgehead atoms. The summed E-state index contributed by atoms with van der Waals surface area (Å²) >= 11 is 0. The number of benzene rings is 3. The molecule has 0 saturated carbocycles. The summed E-state index contributed by atoms with van der Waals surface area (Å²) in [5, 5.41) is 11.6. The lowest BCUT2D eigenvalue weighted by Gasteiger charge is -2.38. The highest BCUT2D eigenvalue weighted by molar-refractivity contribution is 5.94. The van der Waals surface area contributed by atoms with Crippen LogP contribution in [0.15, 0.2) is 72.3 Å². The largest absolute Gasteiger partial charge is 0.365 e. The molecule has 2 nitrogen and oxygen atoms in total. The lowest BCUT2D eigenvalue weighted by molar-refractivity contribution is 0.553. The lowest BCUT2D eigenvalue weighted by atomic mass is 9.92. The highest BCUT2D eigenvalue weighted by atomic mass is 15.2. The average Bonchev–Trinajstić information content (AvgIpc) is 2.99. The van der Waals surface area contributed by atoms with Gasteiger partial charge in [0.05, 0.1) is 11.6 Å². The number of piperidine rings is 1. The van der Waals surface area contributed by atoms with E-state index in [1.165, 1.54) is 29.5 Å². The number of nitriles is 1. The van der Waals surface area contributed by atoms with E-state index >= 15 is 0 Å².